The van der Waals surface area contributed by atoms with Crippen LogP contribution in [0.4, 0.5) is 0 Å². The van der Waals surface area contributed by atoms with E-state index >= 15 is 0 Å². The largest absolute Gasteiger partial charge is 0.378 e. The first-order valence-electron chi connectivity index (χ1n) is 8.13. The normalized spacial score (nSPS) is 23.5. The van der Waals surface area contributed by atoms with Crippen LogP contribution in [0.15, 0.2) is 0 Å². The molecule has 0 aromatic carbocycles. The molecule has 2 fully saturated rings. The third-order valence-electron chi connectivity index (χ3n) is 4.31. The molecule has 0 aromatic rings. The summed E-state index contributed by atoms with van der Waals surface area (Å²) in [5.74, 6) is 0. The maximum atomic E-state index is 12.1. The lowest BCUT2D eigenvalue weighted by Gasteiger charge is -2.31. The summed E-state index contributed by atoms with van der Waals surface area (Å²) in [7, 11) is -1.30. The highest BCUT2D eigenvalue weighted by atomic mass is 32.2. The summed E-state index contributed by atoms with van der Waals surface area (Å²) < 4.78 is 34.2. The summed E-state index contributed by atoms with van der Waals surface area (Å²) in [6.45, 7) is 3.85. The lowest BCUT2D eigenvalue weighted by molar-refractivity contribution is 0.0277. The standard InChI is InChI=1S/C14H29N3O3S/c1-16-9-11-17(12-10-16)21(18,19)15-8-5-13-20-14-6-3-2-4-7-14/h14-15H,2-13H2,1H3. The van der Waals surface area contributed by atoms with E-state index < -0.39 is 10.2 Å². The Morgan fingerprint density at radius 1 is 1.10 bits per heavy atom. The molecule has 1 saturated heterocycles. The van der Waals surface area contributed by atoms with Gasteiger partial charge < -0.3 is 9.64 Å². The van der Waals surface area contributed by atoms with E-state index in [1.165, 1.54) is 23.6 Å². The van der Waals surface area contributed by atoms with Crippen molar-refractivity contribution >= 4 is 10.2 Å². The van der Waals surface area contributed by atoms with Crippen LogP contribution in [0, 0.1) is 0 Å². The van der Waals surface area contributed by atoms with Crippen molar-refractivity contribution in [3.05, 3.63) is 0 Å². The first kappa shape index (κ1) is 17.1. The molecule has 1 heterocycles. The van der Waals surface area contributed by atoms with E-state index in [9.17, 15) is 8.42 Å². The van der Waals surface area contributed by atoms with E-state index in [4.69, 9.17) is 4.74 Å². The summed E-state index contributed by atoms with van der Waals surface area (Å²) >= 11 is 0. The Morgan fingerprint density at radius 3 is 2.43 bits per heavy atom. The van der Waals surface area contributed by atoms with Crippen molar-refractivity contribution in [2.24, 2.45) is 0 Å². The Balaban J connectivity index is 1.58. The number of likely N-dealkylation sites (N-methyl/N-ethyl adjacent to an activating group) is 1. The van der Waals surface area contributed by atoms with Gasteiger partial charge >= 0.3 is 0 Å². The van der Waals surface area contributed by atoms with Gasteiger partial charge in [0.15, 0.2) is 0 Å². The predicted molar refractivity (Wildman–Crippen MR) is 83.4 cm³/mol. The van der Waals surface area contributed by atoms with Crippen molar-refractivity contribution in [1.82, 2.24) is 13.9 Å². The Kier molecular flexibility index (Phi) is 6.88. The van der Waals surface area contributed by atoms with E-state index in [0.29, 0.717) is 32.3 Å². The third-order valence-corrected chi connectivity index (χ3v) is 5.93. The highest BCUT2D eigenvalue weighted by molar-refractivity contribution is 7.87. The Hall–Kier alpha value is -0.210. The van der Waals surface area contributed by atoms with Gasteiger partial charge in [-0.05, 0) is 26.3 Å². The third kappa shape index (κ3) is 5.83. The molecule has 6 nitrogen and oxygen atoms in total. The van der Waals surface area contributed by atoms with Gasteiger partial charge in [0, 0.05) is 39.3 Å². The maximum Gasteiger partial charge on any atom is 0.279 e. The number of ether oxygens (including phenoxy) is 1. The number of nitrogens with one attached hydrogen (secondary N) is 1. The van der Waals surface area contributed by atoms with Crippen LogP contribution in [0.25, 0.3) is 0 Å². The van der Waals surface area contributed by atoms with Gasteiger partial charge in [-0.3, -0.25) is 0 Å². The van der Waals surface area contributed by atoms with Gasteiger partial charge in [-0.2, -0.15) is 12.7 Å². The molecule has 1 N–H and O–H groups in total. The average Bonchev–Trinajstić information content (AvgIpc) is 2.48. The van der Waals surface area contributed by atoms with E-state index in [1.54, 1.807) is 0 Å². The minimum Gasteiger partial charge on any atom is -0.378 e. The average molecular weight is 319 g/mol. The van der Waals surface area contributed by atoms with Crippen LogP contribution in [0.1, 0.15) is 38.5 Å². The molecule has 0 atom stereocenters. The van der Waals surface area contributed by atoms with Gasteiger partial charge in [0.05, 0.1) is 6.10 Å². The van der Waals surface area contributed by atoms with E-state index in [-0.39, 0.29) is 0 Å². The van der Waals surface area contributed by atoms with Gasteiger partial charge in [-0.15, -0.1) is 0 Å². The Labute approximate surface area is 129 Å². The van der Waals surface area contributed by atoms with Gasteiger partial charge in [0.2, 0.25) is 0 Å². The molecule has 0 spiro atoms. The minimum atomic E-state index is -3.31. The quantitative estimate of drug-likeness (QED) is 0.705. The number of rotatable bonds is 7. The zero-order chi connectivity index (χ0) is 15.1. The van der Waals surface area contributed by atoms with Crippen LogP contribution >= 0.6 is 0 Å². The molecular weight excluding hydrogens is 290 g/mol. The summed E-state index contributed by atoms with van der Waals surface area (Å²) in [6, 6.07) is 0. The fourth-order valence-corrected chi connectivity index (χ4v) is 4.10. The number of nitrogens with zero attached hydrogens (tertiary/aromatic N) is 2. The highest BCUT2D eigenvalue weighted by Gasteiger charge is 2.24. The molecule has 0 amide bonds. The van der Waals surface area contributed by atoms with Crippen molar-refractivity contribution in [3.8, 4) is 0 Å². The predicted octanol–water partition coefficient (Wildman–Crippen LogP) is 0.808. The second-order valence-corrected chi connectivity index (χ2v) is 7.84. The SMILES string of the molecule is CN1CCN(S(=O)(=O)NCCCOC2CCCCC2)CC1. The lowest BCUT2D eigenvalue weighted by Crippen LogP contribution is -2.51. The van der Waals surface area contributed by atoms with Crippen molar-refractivity contribution in [3.63, 3.8) is 0 Å². The smallest absolute Gasteiger partial charge is 0.279 e. The van der Waals surface area contributed by atoms with E-state index in [2.05, 4.69) is 9.62 Å². The van der Waals surface area contributed by atoms with Crippen LogP contribution in [0.5, 0.6) is 0 Å². The second-order valence-electron chi connectivity index (χ2n) is 6.09. The van der Waals surface area contributed by atoms with Crippen LogP contribution in [0.3, 0.4) is 0 Å². The summed E-state index contributed by atoms with van der Waals surface area (Å²) in [6.07, 6.45) is 7.31. The van der Waals surface area contributed by atoms with Gasteiger partial charge in [0.1, 0.15) is 0 Å². The lowest BCUT2D eigenvalue weighted by atomic mass is 9.98. The molecule has 2 rings (SSSR count). The topological polar surface area (TPSA) is 61.9 Å². The Bertz CT molecular complexity index is 388. The molecule has 0 radical (unpaired) electrons. The van der Waals surface area contributed by atoms with Crippen molar-refractivity contribution < 1.29 is 13.2 Å². The zero-order valence-corrected chi connectivity index (χ0v) is 13.9. The van der Waals surface area contributed by atoms with Gasteiger partial charge in [-0.25, -0.2) is 4.72 Å². The fourth-order valence-electron chi connectivity index (χ4n) is 2.87. The summed E-state index contributed by atoms with van der Waals surface area (Å²) in [4.78, 5) is 2.14. The molecule has 0 aromatic heterocycles. The summed E-state index contributed by atoms with van der Waals surface area (Å²) in [5.41, 5.74) is 0. The fraction of sp³-hybridized carbons (Fsp3) is 1.00. The number of hydrogen-bond acceptors (Lipinski definition) is 4. The molecule has 0 bridgehead atoms. The molecule has 21 heavy (non-hydrogen) atoms. The van der Waals surface area contributed by atoms with Gasteiger partial charge in [-0.1, -0.05) is 19.3 Å². The first-order valence-corrected chi connectivity index (χ1v) is 9.57. The maximum absolute atomic E-state index is 12.1. The van der Waals surface area contributed by atoms with E-state index in [1.807, 2.05) is 7.05 Å². The first-order chi connectivity index (χ1) is 10.1. The van der Waals surface area contributed by atoms with Crippen molar-refractivity contribution in [2.45, 2.75) is 44.6 Å². The van der Waals surface area contributed by atoms with Crippen LogP contribution in [0.2, 0.25) is 0 Å². The second kappa shape index (κ2) is 8.43. The molecule has 0 unspecified atom stereocenters. The summed E-state index contributed by atoms with van der Waals surface area (Å²) in [5, 5.41) is 0. The van der Waals surface area contributed by atoms with Crippen molar-refractivity contribution in [1.29, 1.82) is 0 Å². The van der Waals surface area contributed by atoms with Crippen LogP contribution in [-0.4, -0.2) is 70.1 Å². The highest BCUT2D eigenvalue weighted by Crippen LogP contribution is 2.20. The monoisotopic (exact) mass is 319 g/mol. The zero-order valence-electron chi connectivity index (χ0n) is 13.1. The van der Waals surface area contributed by atoms with Gasteiger partial charge in [0.25, 0.3) is 10.2 Å². The Morgan fingerprint density at radius 2 is 1.76 bits per heavy atom. The molecule has 2 aliphatic rings. The molecule has 1 aliphatic heterocycles. The van der Waals surface area contributed by atoms with Crippen LogP contribution in [-0.2, 0) is 14.9 Å². The van der Waals surface area contributed by atoms with Crippen molar-refractivity contribution in [2.75, 3.05) is 46.4 Å². The minimum absolute atomic E-state index is 0.396. The van der Waals surface area contributed by atoms with Crippen LogP contribution < -0.4 is 4.72 Å². The molecular formula is C14H29N3O3S. The molecule has 1 saturated carbocycles. The number of piperazine rings is 1. The molecule has 1 aliphatic carbocycles. The molecule has 124 valence electrons. The van der Waals surface area contributed by atoms with E-state index in [0.717, 1.165) is 32.4 Å². The molecule has 7 heteroatoms. The number of hydrogen-bond donors (Lipinski definition) is 1.